The second kappa shape index (κ2) is 6.83. The van der Waals surface area contributed by atoms with Crippen molar-refractivity contribution < 1.29 is 27.9 Å². The molecule has 0 aliphatic heterocycles. The molecule has 0 radical (unpaired) electrons. The first-order valence-electron chi connectivity index (χ1n) is 7.89. The smallest absolute Gasteiger partial charge is 0.416 e. The van der Waals surface area contributed by atoms with Gasteiger partial charge in [-0.1, -0.05) is 23.2 Å². The van der Waals surface area contributed by atoms with E-state index in [0.29, 0.717) is 5.56 Å². The van der Waals surface area contributed by atoms with Gasteiger partial charge in [0.1, 0.15) is 0 Å². The summed E-state index contributed by atoms with van der Waals surface area (Å²) in [4.78, 5) is 24.4. The molecular weight excluding hydrogens is 418 g/mol. The highest BCUT2D eigenvalue weighted by Crippen LogP contribution is 2.36. The van der Waals surface area contributed by atoms with Gasteiger partial charge in [-0.2, -0.15) is 13.2 Å². The molecule has 1 heterocycles. The maximum atomic E-state index is 13.1. The minimum atomic E-state index is -4.53. The highest BCUT2D eigenvalue weighted by atomic mass is 35.5. The van der Waals surface area contributed by atoms with Crippen LogP contribution in [0.1, 0.15) is 37.4 Å². The predicted molar refractivity (Wildman–Crippen MR) is 99.6 cm³/mol. The first-order chi connectivity index (χ1) is 12.9. The van der Waals surface area contributed by atoms with Gasteiger partial charge in [-0.05, 0) is 49.2 Å². The highest BCUT2D eigenvalue weighted by molar-refractivity contribution is 6.41. The fourth-order valence-corrected chi connectivity index (χ4v) is 3.70. The zero-order valence-corrected chi connectivity index (χ0v) is 16.0. The number of carboxylic acids is 1. The molecular formula is C19H12Cl2F3NO3. The predicted octanol–water partition coefficient (Wildman–Crippen LogP) is 5.97. The molecule has 0 bridgehead atoms. The number of aromatic carboxylic acids is 1. The van der Waals surface area contributed by atoms with Crippen LogP contribution in [0.3, 0.4) is 0 Å². The maximum Gasteiger partial charge on any atom is 0.416 e. The number of hydrogen-bond acceptors (Lipinski definition) is 2. The number of carboxylic acid groups (broad SMARTS) is 1. The van der Waals surface area contributed by atoms with E-state index in [9.17, 15) is 27.9 Å². The Labute approximate surface area is 167 Å². The number of carbonyl (C=O) groups is 2. The molecule has 0 aliphatic rings. The molecule has 0 fully saturated rings. The summed E-state index contributed by atoms with van der Waals surface area (Å²) < 4.78 is 40.5. The van der Waals surface area contributed by atoms with Crippen molar-refractivity contribution in [1.82, 2.24) is 4.57 Å². The number of carbonyl (C=O) groups excluding carboxylic acids is 1. The highest BCUT2D eigenvalue weighted by Gasteiger charge is 2.32. The van der Waals surface area contributed by atoms with Crippen LogP contribution in [0.2, 0.25) is 10.0 Å². The molecule has 0 spiro atoms. The second-order valence-corrected chi connectivity index (χ2v) is 7.05. The molecule has 0 saturated carbocycles. The Hall–Kier alpha value is -2.51. The zero-order chi connectivity index (χ0) is 21.0. The van der Waals surface area contributed by atoms with Crippen molar-refractivity contribution in [1.29, 1.82) is 0 Å². The fraction of sp³-hybridized carbons (Fsp3) is 0.158. The Kier molecular flexibility index (Phi) is 4.93. The number of hydrogen-bond donors (Lipinski definition) is 1. The normalized spacial score (nSPS) is 11.8. The Bertz CT molecular complexity index is 1150. The number of aryl methyl sites for hydroxylation is 2. The summed E-state index contributed by atoms with van der Waals surface area (Å²) in [6.07, 6.45) is -3.15. The van der Waals surface area contributed by atoms with Crippen molar-refractivity contribution in [3.05, 3.63) is 68.3 Å². The van der Waals surface area contributed by atoms with Gasteiger partial charge < -0.3 is 5.11 Å². The van der Waals surface area contributed by atoms with E-state index in [1.165, 1.54) is 25.3 Å². The first kappa shape index (κ1) is 20.2. The van der Waals surface area contributed by atoms with Crippen molar-refractivity contribution in [2.24, 2.45) is 0 Å². The third-order valence-electron chi connectivity index (χ3n) is 4.37. The number of benzene rings is 2. The lowest BCUT2D eigenvalue weighted by molar-refractivity contribution is -0.137. The van der Waals surface area contributed by atoms with Gasteiger partial charge in [0.2, 0.25) is 0 Å². The topological polar surface area (TPSA) is 59.3 Å². The van der Waals surface area contributed by atoms with Gasteiger partial charge in [0.25, 0.3) is 5.91 Å². The van der Waals surface area contributed by atoms with Crippen LogP contribution in [0.5, 0.6) is 0 Å². The minimum Gasteiger partial charge on any atom is -0.478 e. The van der Waals surface area contributed by atoms with E-state index in [2.05, 4.69) is 0 Å². The van der Waals surface area contributed by atoms with E-state index in [-0.39, 0.29) is 37.6 Å². The summed E-state index contributed by atoms with van der Waals surface area (Å²) in [5, 5.41) is 9.06. The average molecular weight is 430 g/mol. The molecule has 0 saturated heterocycles. The van der Waals surface area contributed by atoms with Crippen LogP contribution in [0.15, 0.2) is 30.5 Å². The summed E-state index contributed by atoms with van der Waals surface area (Å²) in [7, 11) is 0. The Morgan fingerprint density at radius 2 is 1.71 bits per heavy atom. The zero-order valence-electron chi connectivity index (χ0n) is 14.5. The Morgan fingerprint density at radius 1 is 1.07 bits per heavy atom. The molecule has 9 heteroatoms. The van der Waals surface area contributed by atoms with Gasteiger partial charge in [0.15, 0.2) is 0 Å². The lowest BCUT2D eigenvalue weighted by Gasteiger charge is -2.13. The molecule has 0 aliphatic carbocycles. The number of rotatable bonds is 2. The minimum absolute atomic E-state index is 0.0657. The van der Waals surface area contributed by atoms with E-state index in [4.69, 9.17) is 23.2 Å². The van der Waals surface area contributed by atoms with E-state index in [1.807, 2.05) is 0 Å². The standard InChI is InChI=1S/C19H12Cl2F3NO3/c1-8-5-10(19(22,23)24)6-12-9(2)7-25(16(8)12)17(26)14-13(20)4-3-11(15(14)21)18(27)28/h3-7H,1-2H3,(H,27,28). The average Bonchev–Trinajstić information content (AvgIpc) is 2.91. The summed E-state index contributed by atoms with van der Waals surface area (Å²) >= 11 is 12.2. The van der Waals surface area contributed by atoms with E-state index < -0.39 is 23.6 Å². The van der Waals surface area contributed by atoms with Crippen molar-refractivity contribution in [3.63, 3.8) is 0 Å². The van der Waals surface area contributed by atoms with Gasteiger partial charge in [-0.3, -0.25) is 9.36 Å². The van der Waals surface area contributed by atoms with Gasteiger partial charge in [0.05, 0.1) is 32.3 Å². The summed E-state index contributed by atoms with van der Waals surface area (Å²) in [6, 6.07) is 4.32. The van der Waals surface area contributed by atoms with Crippen molar-refractivity contribution >= 4 is 46.0 Å². The molecule has 0 amide bonds. The van der Waals surface area contributed by atoms with Crippen molar-refractivity contribution in [2.45, 2.75) is 20.0 Å². The molecule has 3 rings (SSSR count). The number of nitrogens with zero attached hydrogens (tertiary/aromatic N) is 1. The molecule has 146 valence electrons. The van der Waals surface area contributed by atoms with E-state index >= 15 is 0 Å². The SMILES string of the molecule is Cc1cn(C(=O)c2c(Cl)ccc(C(=O)O)c2Cl)c2c(C)cc(C(F)(F)F)cc12. The fourth-order valence-electron chi connectivity index (χ4n) is 3.09. The lowest BCUT2D eigenvalue weighted by Crippen LogP contribution is -2.15. The number of aromatic nitrogens is 1. The molecule has 2 aromatic carbocycles. The third kappa shape index (κ3) is 3.25. The second-order valence-electron chi connectivity index (χ2n) is 6.26. The number of fused-ring (bicyclic) bond motifs is 1. The van der Waals surface area contributed by atoms with Crippen molar-refractivity contribution in [2.75, 3.05) is 0 Å². The molecule has 1 N–H and O–H groups in total. The van der Waals surface area contributed by atoms with Gasteiger partial charge in [-0.15, -0.1) is 0 Å². The monoisotopic (exact) mass is 429 g/mol. The summed E-state index contributed by atoms with van der Waals surface area (Å²) in [6.45, 7) is 3.03. The lowest BCUT2D eigenvalue weighted by atomic mass is 10.0. The quantitative estimate of drug-likeness (QED) is 0.545. The molecule has 1 aromatic heterocycles. The van der Waals surface area contributed by atoms with Crippen LogP contribution >= 0.6 is 23.2 Å². The number of alkyl halides is 3. The Balaban J connectivity index is 2.28. The van der Waals surface area contributed by atoms with E-state index in [0.717, 1.165) is 16.7 Å². The van der Waals surface area contributed by atoms with Gasteiger partial charge in [0, 0.05) is 11.6 Å². The van der Waals surface area contributed by atoms with Gasteiger partial charge >= 0.3 is 12.1 Å². The largest absolute Gasteiger partial charge is 0.478 e. The maximum absolute atomic E-state index is 13.1. The Morgan fingerprint density at radius 3 is 2.29 bits per heavy atom. The molecule has 3 aromatic rings. The molecule has 4 nitrogen and oxygen atoms in total. The van der Waals surface area contributed by atoms with Crippen LogP contribution in [0.4, 0.5) is 13.2 Å². The van der Waals surface area contributed by atoms with Crippen molar-refractivity contribution in [3.8, 4) is 0 Å². The molecule has 0 atom stereocenters. The summed E-state index contributed by atoms with van der Waals surface area (Å²) in [5.74, 6) is -2.07. The molecule has 28 heavy (non-hydrogen) atoms. The molecule has 0 unspecified atom stereocenters. The van der Waals surface area contributed by atoms with Gasteiger partial charge in [-0.25, -0.2) is 4.79 Å². The van der Waals surface area contributed by atoms with E-state index in [1.54, 1.807) is 6.92 Å². The number of halogens is 5. The first-order valence-corrected chi connectivity index (χ1v) is 8.64. The summed E-state index contributed by atoms with van der Waals surface area (Å²) in [5.41, 5.74) is -0.427. The van der Waals surface area contributed by atoms with Crippen LogP contribution < -0.4 is 0 Å². The van der Waals surface area contributed by atoms with Crippen LogP contribution in [0.25, 0.3) is 10.9 Å². The van der Waals surface area contributed by atoms with Crippen LogP contribution in [-0.2, 0) is 6.18 Å². The van der Waals surface area contributed by atoms with Crippen LogP contribution in [-0.4, -0.2) is 21.6 Å². The van der Waals surface area contributed by atoms with Crippen LogP contribution in [0, 0.1) is 13.8 Å². The third-order valence-corrected chi connectivity index (χ3v) is 5.08.